The summed E-state index contributed by atoms with van der Waals surface area (Å²) >= 11 is 0. The van der Waals surface area contributed by atoms with E-state index in [1.165, 1.54) is 0 Å². The molecular weight excluding hydrogens is 404 g/mol. The number of hydrogen-bond donors (Lipinski definition) is 2. The number of H-pyrrole nitrogens is 1. The fourth-order valence-electron chi connectivity index (χ4n) is 3.75. The number of carbonyl (C=O) groups is 1. The van der Waals surface area contributed by atoms with Gasteiger partial charge in [0.25, 0.3) is 0 Å². The average Bonchev–Trinajstić information content (AvgIpc) is 3.11. The quantitative estimate of drug-likeness (QED) is 0.764. The number of aromatic nitrogens is 2. The molecule has 1 aromatic heterocycles. The molecule has 0 radical (unpaired) electrons. The van der Waals surface area contributed by atoms with Crippen LogP contribution >= 0.6 is 24.8 Å². The van der Waals surface area contributed by atoms with Gasteiger partial charge in [-0.25, -0.2) is 4.98 Å². The first-order valence-corrected chi connectivity index (χ1v) is 9.04. The van der Waals surface area contributed by atoms with Gasteiger partial charge in [0, 0.05) is 25.4 Å². The molecule has 2 fully saturated rings. The number of rotatable bonds is 4. The summed E-state index contributed by atoms with van der Waals surface area (Å²) in [6.45, 7) is 3.26. The molecule has 10 heteroatoms. The van der Waals surface area contributed by atoms with E-state index in [2.05, 4.69) is 15.3 Å². The highest BCUT2D eigenvalue weighted by atomic mass is 35.5. The van der Waals surface area contributed by atoms with Crippen LogP contribution in [0.1, 0.15) is 56.0 Å². The summed E-state index contributed by atoms with van der Waals surface area (Å²) in [6.07, 6.45) is 1.56. The highest BCUT2D eigenvalue weighted by molar-refractivity contribution is 5.85. The number of aromatic amines is 1. The molecule has 3 rings (SSSR count). The molecule has 5 nitrogen and oxygen atoms in total. The SMILES string of the molecule is Cl.Cl.O=C(CCC1CCNCC1)N1CCC(c2ncc(C(F)(F)F)[nH]2)CC1. The number of halogens is 5. The van der Waals surface area contributed by atoms with E-state index >= 15 is 0 Å². The van der Waals surface area contributed by atoms with Crippen LogP contribution < -0.4 is 5.32 Å². The number of carbonyl (C=O) groups excluding carboxylic acids is 1. The van der Waals surface area contributed by atoms with Crippen molar-refractivity contribution in [2.75, 3.05) is 26.2 Å². The summed E-state index contributed by atoms with van der Waals surface area (Å²) in [4.78, 5) is 20.5. The monoisotopic (exact) mass is 430 g/mol. The number of nitrogens with zero attached hydrogens (tertiary/aromatic N) is 2. The number of piperidine rings is 2. The fraction of sp³-hybridized carbons (Fsp3) is 0.765. The minimum absolute atomic E-state index is 0. The molecule has 0 aromatic carbocycles. The summed E-state index contributed by atoms with van der Waals surface area (Å²) < 4.78 is 37.9. The van der Waals surface area contributed by atoms with E-state index in [-0.39, 0.29) is 36.6 Å². The molecule has 0 aliphatic carbocycles. The molecule has 2 saturated heterocycles. The van der Waals surface area contributed by atoms with Crippen molar-refractivity contribution in [1.29, 1.82) is 0 Å². The van der Waals surface area contributed by atoms with Crippen molar-refractivity contribution in [1.82, 2.24) is 20.2 Å². The van der Waals surface area contributed by atoms with Crippen LogP contribution in [0.4, 0.5) is 13.2 Å². The molecule has 156 valence electrons. The molecule has 2 aliphatic rings. The third-order valence-corrected chi connectivity index (χ3v) is 5.36. The Kier molecular flexibility index (Phi) is 9.38. The zero-order chi connectivity index (χ0) is 17.9. The maximum absolute atomic E-state index is 12.6. The van der Waals surface area contributed by atoms with Crippen LogP contribution in [-0.2, 0) is 11.0 Å². The van der Waals surface area contributed by atoms with Crippen molar-refractivity contribution in [2.24, 2.45) is 5.92 Å². The Hall–Kier alpha value is -0.990. The first kappa shape index (κ1) is 24.0. The lowest BCUT2D eigenvalue weighted by atomic mass is 9.92. The predicted octanol–water partition coefficient (Wildman–Crippen LogP) is 3.76. The van der Waals surface area contributed by atoms with E-state index in [0.717, 1.165) is 38.5 Å². The average molecular weight is 431 g/mol. The molecule has 2 N–H and O–H groups in total. The van der Waals surface area contributed by atoms with E-state index in [9.17, 15) is 18.0 Å². The molecule has 0 bridgehead atoms. The van der Waals surface area contributed by atoms with E-state index in [0.29, 0.717) is 44.1 Å². The topological polar surface area (TPSA) is 61.0 Å². The number of likely N-dealkylation sites (tertiary alicyclic amines) is 1. The molecule has 1 aromatic rings. The molecular formula is C17H27Cl2F3N4O. The van der Waals surface area contributed by atoms with E-state index in [1.807, 2.05) is 4.90 Å². The number of amides is 1. The van der Waals surface area contributed by atoms with Crippen molar-refractivity contribution >= 4 is 30.7 Å². The van der Waals surface area contributed by atoms with Gasteiger partial charge >= 0.3 is 6.18 Å². The third kappa shape index (κ3) is 6.54. The first-order valence-electron chi connectivity index (χ1n) is 9.04. The van der Waals surface area contributed by atoms with Gasteiger partial charge in [0.1, 0.15) is 11.5 Å². The van der Waals surface area contributed by atoms with Gasteiger partial charge in [0.2, 0.25) is 5.91 Å². The molecule has 27 heavy (non-hydrogen) atoms. The Balaban J connectivity index is 0.00000182. The molecule has 0 saturated carbocycles. The number of nitrogens with one attached hydrogen (secondary N) is 2. The molecule has 0 spiro atoms. The Morgan fingerprint density at radius 2 is 1.78 bits per heavy atom. The van der Waals surface area contributed by atoms with E-state index in [4.69, 9.17) is 0 Å². The van der Waals surface area contributed by atoms with Crippen molar-refractivity contribution in [3.8, 4) is 0 Å². The molecule has 0 atom stereocenters. The minimum atomic E-state index is -4.39. The highest BCUT2D eigenvalue weighted by Crippen LogP contribution is 2.31. The lowest BCUT2D eigenvalue weighted by Crippen LogP contribution is -2.38. The Morgan fingerprint density at radius 3 is 2.33 bits per heavy atom. The van der Waals surface area contributed by atoms with E-state index < -0.39 is 11.9 Å². The van der Waals surface area contributed by atoms with Gasteiger partial charge in [-0.2, -0.15) is 13.2 Å². The fourth-order valence-corrected chi connectivity index (χ4v) is 3.75. The largest absolute Gasteiger partial charge is 0.432 e. The second kappa shape index (κ2) is 10.5. The molecule has 2 aliphatic heterocycles. The van der Waals surface area contributed by atoms with Crippen LogP contribution in [0.3, 0.4) is 0 Å². The standard InChI is InChI=1S/C17H25F3N4O.2ClH/c18-17(19,20)14-11-22-16(23-14)13-5-9-24(10-6-13)15(25)2-1-12-3-7-21-8-4-12;;/h11-13,21H,1-10H2,(H,22,23);2*1H. The van der Waals surface area contributed by atoms with Crippen LogP contribution in [0.2, 0.25) is 0 Å². The van der Waals surface area contributed by atoms with Crippen LogP contribution in [0.15, 0.2) is 6.20 Å². The summed E-state index contributed by atoms with van der Waals surface area (Å²) in [5, 5.41) is 3.32. The predicted molar refractivity (Wildman–Crippen MR) is 101 cm³/mol. The molecule has 3 heterocycles. The van der Waals surface area contributed by atoms with Crippen molar-refractivity contribution in [2.45, 2.75) is 50.6 Å². The smallest absolute Gasteiger partial charge is 0.343 e. The minimum Gasteiger partial charge on any atom is -0.343 e. The van der Waals surface area contributed by atoms with E-state index in [1.54, 1.807) is 0 Å². The normalized spacial score (nSPS) is 19.3. The van der Waals surface area contributed by atoms with Crippen molar-refractivity contribution in [3.05, 3.63) is 17.7 Å². The Morgan fingerprint density at radius 1 is 1.15 bits per heavy atom. The van der Waals surface area contributed by atoms with Gasteiger partial charge in [-0.1, -0.05) is 0 Å². The second-order valence-electron chi connectivity index (χ2n) is 7.07. The summed E-state index contributed by atoms with van der Waals surface area (Å²) in [5.41, 5.74) is -0.803. The van der Waals surface area contributed by atoms with Gasteiger partial charge in [0.15, 0.2) is 0 Å². The van der Waals surface area contributed by atoms with Crippen LogP contribution in [0.25, 0.3) is 0 Å². The summed E-state index contributed by atoms with van der Waals surface area (Å²) in [6, 6.07) is 0. The molecule has 1 amide bonds. The van der Waals surface area contributed by atoms with Gasteiger partial charge in [-0.3, -0.25) is 4.79 Å². The van der Waals surface area contributed by atoms with Gasteiger partial charge in [0.05, 0.1) is 6.20 Å². The third-order valence-electron chi connectivity index (χ3n) is 5.36. The maximum atomic E-state index is 12.6. The summed E-state index contributed by atoms with van der Waals surface area (Å²) in [5.74, 6) is 1.15. The highest BCUT2D eigenvalue weighted by Gasteiger charge is 2.34. The Labute approximate surface area is 169 Å². The van der Waals surface area contributed by atoms with Crippen LogP contribution in [0.5, 0.6) is 0 Å². The van der Waals surface area contributed by atoms with Gasteiger partial charge in [-0.05, 0) is 51.1 Å². The molecule has 0 unspecified atom stereocenters. The van der Waals surface area contributed by atoms with Crippen molar-refractivity contribution < 1.29 is 18.0 Å². The lowest BCUT2D eigenvalue weighted by molar-refractivity contribution is -0.141. The van der Waals surface area contributed by atoms with Gasteiger partial charge < -0.3 is 15.2 Å². The summed E-state index contributed by atoms with van der Waals surface area (Å²) in [7, 11) is 0. The number of imidazole rings is 1. The van der Waals surface area contributed by atoms with Crippen LogP contribution in [-0.4, -0.2) is 47.0 Å². The number of alkyl halides is 3. The number of hydrogen-bond acceptors (Lipinski definition) is 3. The lowest BCUT2D eigenvalue weighted by Gasteiger charge is -2.32. The van der Waals surface area contributed by atoms with Crippen LogP contribution in [0, 0.1) is 5.92 Å². The van der Waals surface area contributed by atoms with Gasteiger partial charge in [-0.15, -0.1) is 24.8 Å². The maximum Gasteiger partial charge on any atom is 0.432 e. The zero-order valence-electron chi connectivity index (χ0n) is 15.1. The zero-order valence-corrected chi connectivity index (χ0v) is 16.7. The first-order chi connectivity index (χ1) is 11.9. The Bertz CT molecular complexity index is 583. The second-order valence-corrected chi connectivity index (χ2v) is 7.07. The van der Waals surface area contributed by atoms with Crippen molar-refractivity contribution in [3.63, 3.8) is 0 Å².